The van der Waals surface area contributed by atoms with Gasteiger partial charge in [-0.1, -0.05) is 0 Å². The van der Waals surface area contributed by atoms with E-state index < -0.39 is 0 Å². The molecule has 1 aliphatic rings. The highest BCUT2D eigenvalue weighted by molar-refractivity contribution is 7.98. The number of hydrogen-bond acceptors (Lipinski definition) is 3. The summed E-state index contributed by atoms with van der Waals surface area (Å²) in [5.74, 6) is 1.22. The average Bonchev–Trinajstić information content (AvgIpc) is 2.53. The lowest BCUT2D eigenvalue weighted by atomic mass is 10.2. The van der Waals surface area contributed by atoms with Gasteiger partial charge in [0, 0.05) is 30.4 Å². The molecule has 1 saturated heterocycles. The highest BCUT2D eigenvalue weighted by Gasteiger charge is 2.24. The highest BCUT2D eigenvalue weighted by Crippen LogP contribution is 2.13. The van der Waals surface area contributed by atoms with Gasteiger partial charge in [-0.2, -0.15) is 11.8 Å². The third-order valence-corrected chi connectivity index (χ3v) is 3.72. The van der Waals surface area contributed by atoms with E-state index in [0.717, 1.165) is 6.04 Å². The fraction of sp³-hybridized carbons (Fsp3) is 1.00. The Hall–Kier alpha value is 0.270. The molecule has 14 heavy (non-hydrogen) atoms. The summed E-state index contributed by atoms with van der Waals surface area (Å²) < 4.78 is 0. The number of hydrogen-bond donors (Lipinski definition) is 1. The molecule has 3 heteroatoms. The van der Waals surface area contributed by atoms with Crippen LogP contribution >= 0.6 is 11.8 Å². The van der Waals surface area contributed by atoms with Crippen molar-refractivity contribution in [1.29, 1.82) is 0 Å². The van der Waals surface area contributed by atoms with E-state index in [1.807, 2.05) is 11.8 Å². The zero-order valence-electron chi connectivity index (χ0n) is 9.92. The van der Waals surface area contributed by atoms with Gasteiger partial charge in [0.15, 0.2) is 0 Å². The van der Waals surface area contributed by atoms with E-state index >= 15 is 0 Å². The van der Waals surface area contributed by atoms with Crippen LogP contribution < -0.4 is 5.32 Å². The normalized spacial score (nSPS) is 25.9. The fourth-order valence-electron chi connectivity index (χ4n) is 2.09. The molecule has 2 nitrogen and oxygen atoms in total. The number of nitrogens with zero attached hydrogens (tertiary/aromatic N) is 1. The van der Waals surface area contributed by atoms with Crippen molar-refractivity contribution in [3.63, 3.8) is 0 Å². The predicted octanol–water partition coefficient (Wildman–Crippen LogP) is 1.81. The molecule has 2 unspecified atom stereocenters. The standard InChI is InChI=1S/C11H24N2S/c1-9(2)13-6-5-11(7-13)12-10(3)8-14-4/h9-12H,5-8H2,1-4H3. The van der Waals surface area contributed by atoms with E-state index in [1.54, 1.807) is 0 Å². The summed E-state index contributed by atoms with van der Waals surface area (Å²) in [6.07, 6.45) is 3.49. The van der Waals surface area contributed by atoms with E-state index in [-0.39, 0.29) is 0 Å². The van der Waals surface area contributed by atoms with E-state index in [0.29, 0.717) is 12.1 Å². The Balaban J connectivity index is 2.21. The first-order chi connectivity index (χ1) is 6.63. The third kappa shape index (κ3) is 3.79. The molecule has 0 aliphatic carbocycles. The van der Waals surface area contributed by atoms with Gasteiger partial charge in [-0.25, -0.2) is 0 Å². The maximum absolute atomic E-state index is 3.70. The van der Waals surface area contributed by atoms with Gasteiger partial charge in [0.1, 0.15) is 0 Å². The van der Waals surface area contributed by atoms with Gasteiger partial charge in [0.25, 0.3) is 0 Å². The number of thioether (sulfide) groups is 1. The van der Waals surface area contributed by atoms with Gasteiger partial charge < -0.3 is 5.32 Å². The molecular weight excluding hydrogens is 192 g/mol. The van der Waals surface area contributed by atoms with Gasteiger partial charge in [0.05, 0.1) is 0 Å². The van der Waals surface area contributed by atoms with Gasteiger partial charge in [-0.15, -0.1) is 0 Å². The fourth-order valence-corrected chi connectivity index (χ4v) is 2.69. The summed E-state index contributed by atoms with van der Waals surface area (Å²) in [7, 11) is 0. The molecule has 1 fully saturated rings. The summed E-state index contributed by atoms with van der Waals surface area (Å²) in [5.41, 5.74) is 0. The minimum atomic E-state index is 0.655. The van der Waals surface area contributed by atoms with Gasteiger partial charge >= 0.3 is 0 Å². The van der Waals surface area contributed by atoms with Crippen LogP contribution in [0, 0.1) is 0 Å². The molecule has 1 N–H and O–H groups in total. The van der Waals surface area contributed by atoms with Crippen LogP contribution in [-0.2, 0) is 0 Å². The Morgan fingerprint density at radius 1 is 1.43 bits per heavy atom. The predicted molar refractivity (Wildman–Crippen MR) is 66.1 cm³/mol. The highest BCUT2D eigenvalue weighted by atomic mass is 32.2. The minimum Gasteiger partial charge on any atom is -0.309 e. The third-order valence-electron chi connectivity index (χ3n) is 2.89. The van der Waals surface area contributed by atoms with Gasteiger partial charge in [0.2, 0.25) is 0 Å². The molecule has 0 aromatic rings. The first kappa shape index (κ1) is 12.3. The van der Waals surface area contributed by atoms with E-state index in [2.05, 4.69) is 37.2 Å². The molecule has 0 aromatic heterocycles. The van der Waals surface area contributed by atoms with Crippen LogP contribution in [0.2, 0.25) is 0 Å². The number of nitrogens with one attached hydrogen (secondary N) is 1. The van der Waals surface area contributed by atoms with Crippen LogP contribution in [0.15, 0.2) is 0 Å². The molecule has 0 aromatic carbocycles. The lowest BCUT2D eigenvalue weighted by Gasteiger charge is -2.22. The van der Waals surface area contributed by atoms with Crippen molar-refractivity contribution in [2.45, 2.75) is 45.3 Å². The van der Waals surface area contributed by atoms with E-state index in [9.17, 15) is 0 Å². The molecule has 0 radical (unpaired) electrons. The largest absolute Gasteiger partial charge is 0.309 e. The first-order valence-corrected chi connectivity index (χ1v) is 7.02. The molecule has 0 spiro atoms. The van der Waals surface area contributed by atoms with Crippen LogP contribution in [0.3, 0.4) is 0 Å². The van der Waals surface area contributed by atoms with Crippen molar-refractivity contribution < 1.29 is 0 Å². The summed E-state index contributed by atoms with van der Waals surface area (Å²) in [5, 5.41) is 3.70. The summed E-state index contributed by atoms with van der Waals surface area (Å²) >= 11 is 1.92. The molecule has 1 rings (SSSR count). The molecule has 0 bridgehead atoms. The van der Waals surface area contributed by atoms with Crippen LogP contribution in [0.1, 0.15) is 27.2 Å². The van der Waals surface area contributed by atoms with Crippen LogP contribution in [-0.4, -0.2) is 48.1 Å². The van der Waals surface area contributed by atoms with Crippen molar-refractivity contribution in [3.05, 3.63) is 0 Å². The van der Waals surface area contributed by atoms with Gasteiger partial charge in [-0.3, -0.25) is 4.90 Å². The molecule has 1 aliphatic heterocycles. The van der Waals surface area contributed by atoms with Crippen molar-refractivity contribution in [2.75, 3.05) is 25.1 Å². The van der Waals surface area contributed by atoms with Gasteiger partial charge in [-0.05, 0) is 40.0 Å². The average molecular weight is 216 g/mol. The topological polar surface area (TPSA) is 15.3 Å². The zero-order chi connectivity index (χ0) is 10.6. The second kappa shape index (κ2) is 5.99. The van der Waals surface area contributed by atoms with Crippen molar-refractivity contribution in [1.82, 2.24) is 10.2 Å². The lowest BCUT2D eigenvalue weighted by Crippen LogP contribution is -2.40. The Kier molecular flexibility index (Phi) is 5.28. The molecule has 84 valence electrons. The summed E-state index contributed by atoms with van der Waals surface area (Å²) in [6.45, 7) is 9.35. The zero-order valence-corrected chi connectivity index (χ0v) is 10.7. The Morgan fingerprint density at radius 3 is 2.64 bits per heavy atom. The number of rotatable bonds is 5. The molecule has 0 saturated carbocycles. The SMILES string of the molecule is CSCC(C)NC1CCN(C(C)C)C1. The maximum Gasteiger partial charge on any atom is 0.0210 e. The van der Waals surface area contributed by atoms with Crippen molar-refractivity contribution >= 4 is 11.8 Å². The molecule has 2 atom stereocenters. The monoisotopic (exact) mass is 216 g/mol. The minimum absolute atomic E-state index is 0.655. The molecular formula is C11H24N2S. The Morgan fingerprint density at radius 2 is 2.14 bits per heavy atom. The van der Waals surface area contributed by atoms with E-state index in [4.69, 9.17) is 0 Å². The van der Waals surface area contributed by atoms with Crippen LogP contribution in [0.25, 0.3) is 0 Å². The second-order valence-corrected chi connectivity index (χ2v) is 5.51. The Bertz CT molecular complexity index is 161. The lowest BCUT2D eigenvalue weighted by molar-refractivity contribution is 0.266. The first-order valence-electron chi connectivity index (χ1n) is 5.62. The maximum atomic E-state index is 3.70. The second-order valence-electron chi connectivity index (χ2n) is 4.60. The quantitative estimate of drug-likeness (QED) is 0.754. The summed E-state index contributed by atoms with van der Waals surface area (Å²) in [6, 6.07) is 2.08. The molecule has 1 heterocycles. The Labute approximate surface area is 92.8 Å². The van der Waals surface area contributed by atoms with E-state index in [1.165, 1.54) is 25.3 Å². The number of likely N-dealkylation sites (tertiary alicyclic amines) is 1. The smallest absolute Gasteiger partial charge is 0.0210 e. The van der Waals surface area contributed by atoms with Crippen LogP contribution in [0.5, 0.6) is 0 Å². The summed E-state index contributed by atoms with van der Waals surface area (Å²) in [4.78, 5) is 2.56. The molecule has 0 amide bonds. The van der Waals surface area contributed by atoms with Crippen LogP contribution in [0.4, 0.5) is 0 Å². The van der Waals surface area contributed by atoms with Crippen molar-refractivity contribution in [2.24, 2.45) is 0 Å². The van der Waals surface area contributed by atoms with Crippen molar-refractivity contribution in [3.8, 4) is 0 Å².